The lowest BCUT2D eigenvalue weighted by molar-refractivity contribution is -0.176. The summed E-state index contributed by atoms with van der Waals surface area (Å²) in [5.41, 5.74) is -1.19. The van der Waals surface area contributed by atoms with Crippen molar-refractivity contribution < 1.29 is 24.9 Å². The van der Waals surface area contributed by atoms with Crippen molar-refractivity contribution in [2.24, 2.45) is 34.5 Å². The molecule has 0 amide bonds. The van der Waals surface area contributed by atoms with Gasteiger partial charge in [0.1, 0.15) is 5.60 Å². The van der Waals surface area contributed by atoms with Gasteiger partial charge in [0.25, 0.3) is 0 Å². The van der Waals surface area contributed by atoms with Crippen molar-refractivity contribution in [3.05, 3.63) is 23.5 Å². The Labute approximate surface area is 171 Å². The van der Waals surface area contributed by atoms with Gasteiger partial charge in [-0.25, -0.2) is 0 Å². The third-order valence-electron chi connectivity index (χ3n) is 8.83. The largest absolute Gasteiger partial charge is 0.515 e. The van der Waals surface area contributed by atoms with Gasteiger partial charge in [-0.3, -0.25) is 9.59 Å². The van der Waals surface area contributed by atoms with E-state index in [1.807, 2.05) is 6.92 Å². The Balaban J connectivity index is 1.81. The van der Waals surface area contributed by atoms with Gasteiger partial charge in [0.2, 0.25) is 5.12 Å². The number of carbonyl (C=O) groups excluding carboxylic acids is 2. The van der Waals surface area contributed by atoms with Crippen LogP contribution in [0, 0.1) is 34.5 Å². The number of carbonyl (C=O) groups is 2. The monoisotopic (exact) mass is 406 g/mol. The van der Waals surface area contributed by atoms with Crippen molar-refractivity contribution in [2.45, 2.75) is 64.6 Å². The number of rotatable bonds is 1. The minimum atomic E-state index is -1.51. The first kappa shape index (κ1) is 20.2. The lowest BCUT2D eigenvalue weighted by Crippen LogP contribution is -2.62. The Hall–Kier alpha value is -1.11. The fourth-order valence-corrected chi connectivity index (χ4v) is 7.95. The molecule has 0 aliphatic heterocycles. The molecule has 3 N–H and O–H groups in total. The van der Waals surface area contributed by atoms with Crippen LogP contribution in [0.2, 0.25) is 0 Å². The van der Waals surface area contributed by atoms with Crippen molar-refractivity contribution in [3.8, 4) is 0 Å². The summed E-state index contributed by atoms with van der Waals surface area (Å²) >= 11 is 3.99. The number of thiol groups is 1. The molecule has 0 aromatic carbocycles. The number of hydrogen-bond acceptors (Lipinski definition) is 5. The highest BCUT2D eigenvalue weighted by Crippen LogP contribution is 2.68. The van der Waals surface area contributed by atoms with E-state index in [-0.39, 0.29) is 29.5 Å². The topological polar surface area (TPSA) is 94.8 Å². The number of allylic oxidation sites excluding steroid dienone is 2. The number of aliphatic hydroxyl groups excluding tert-OH is 2. The molecule has 6 heteroatoms. The van der Waals surface area contributed by atoms with Gasteiger partial charge >= 0.3 is 0 Å². The quantitative estimate of drug-likeness (QED) is 0.305. The van der Waals surface area contributed by atoms with E-state index < -0.39 is 27.7 Å². The first-order valence-electron chi connectivity index (χ1n) is 10.2. The van der Waals surface area contributed by atoms with Gasteiger partial charge in [-0.2, -0.15) is 0 Å². The van der Waals surface area contributed by atoms with E-state index >= 15 is 0 Å². The molecule has 28 heavy (non-hydrogen) atoms. The molecule has 0 heterocycles. The second-order valence-corrected chi connectivity index (χ2v) is 10.4. The molecule has 0 spiro atoms. The van der Waals surface area contributed by atoms with Gasteiger partial charge in [-0.1, -0.05) is 26.3 Å². The summed E-state index contributed by atoms with van der Waals surface area (Å²) in [4.78, 5) is 24.6. The highest BCUT2D eigenvalue weighted by Gasteiger charge is 2.68. The maximum absolute atomic E-state index is 12.4. The molecule has 8 atom stereocenters. The predicted molar refractivity (Wildman–Crippen MR) is 108 cm³/mol. The third kappa shape index (κ3) is 2.34. The van der Waals surface area contributed by atoms with Crippen molar-refractivity contribution in [1.82, 2.24) is 0 Å². The minimum Gasteiger partial charge on any atom is -0.515 e. The molecule has 0 radical (unpaired) electrons. The maximum Gasteiger partial charge on any atom is 0.218 e. The molecule has 5 nitrogen and oxygen atoms in total. The van der Waals surface area contributed by atoms with Crippen LogP contribution in [0.1, 0.15) is 52.9 Å². The van der Waals surface area contributed by atoms with Crippen LogP contribution < -0.4 is 0 Å². The van der Waals surface area contributed by atoms with Gasteiger partial charge < -0.3 is 15.3 Å². The average molecular weight is 407 g/mol. The van der Waals surface area contributed by atoms with E-state index in [0.29, 0.717) is 24.8 Å². The highest BCUT2D eigenvalue weighted by molar-refractivity contribution is 7.96. The fraction of sp³-hybridized carbons (Fsp3) is 0.727. The van der Waals surface area contributed by atoms with Crippen molar-refractivity contribution in [3.63, 3.8) is 0 Å². The molecule has 0 saturated heterocycles. The zero-order chi connectivity index (χ0) is 20.6. The normalized spacial score (nSPS) is 51.9. The summed E-state index contributed by atoms with van der Waals surface area (Å²) in [5.74, 6) is 0.202. The summed E-state index contributed by atoms with van der Waals surface area (Å²) in [6, 6.07) is 0. The molecular formula is C22H30O5S. The van der Waals surface area contributed by atoms with E-state index in [9.17, 15) is 24.9 Å². The Morgan fingerprint density at radius 3 is 2.64 bits per heavy atom. The van der Waals surface area contributed by atoms with Crippen LogP contribution in [0.25, 0.3) is 0 Å². The maximum atomic E-state index is 12.4. The zero-order valence-corrected chi connectivity index (χ0v) is 17.6. The second-order valence-electron chi connectivity index (χ2n) is 10.0. The number of aliphatic hydroxyl groups is 3. The number of fused-ring (bicyclic) bond motifs is 5. The summed E-state index contributed by atoms with van der Waals surface area (Å²) in [6.45, 7) is 6.14. The van der Waals surface area contributed by atoms with E-state index in [2.05, 4.69) is 26.5 Å². The number of hydrogen-bond donors (Lipinski definition) is 4. The van der Waals surface area contributed by atoms with Crippen molar-refractivity contribution in [1.29, 1.82) is 0 Å². The zero-order valence-electron chi connectivity index (χ0n) is 16.7. The molecule has 0 unspecified atom stereocenters. The lowest BCUT2D eigenvalue weighted by Gasteiger charge is -2.61. The van der Waals surface area contributed by atoms with Crippen LogP contribution >= 0.6 is 12.6 Å². The Bertz CT molecular complexity index is 803. The molecule has 3 saturated carbocycles. The second kappa shape index (κ2) is 6.19. The van der Waals surface area contributed by atoms with Crippen molar-refractivity contribution >= 4 is 23.5 Å². The molecule has 4 rings (SSSR count). The summed E-state index contributed by atoms with van der Waals surface area (Å²) < 4.78 is 0. The third-order valence-corrected chi connectivity index (χ3v) is 9.20. The van der Waals surface area contributed by atoms with Crippen molar-refractivity contribution in [2.75, 3.05) is 0 Å². The first-order valence-corrected chi connectivity index (χ1v) is 10.7. The molecule has 4 aliphatic carbocycles. The van der Waals surface area contributed by atoms with Gasteiger partial charge in [-0.05, 0) is 67.3 Å². The highest BCUT2D eigenvalue weighted by atomic mass is 32.1. The van der Waals surface area contributed by atoms with Gasteiger partial charge in [-0.15, -0.1) is 12.6 Å². The Morgan fingerprint density at radius 2 is 2.04 bits per heavy atom. The molecule has 154 valence electrons. The van der Waals surface area contributed by atoms with Crippen LogP contribution in [0.15, 0.2) is 23.5 Å². The smallest absolute Gasteiger partial charge is 0.218 e. The molecule has 0 aromatic rings. The molecule has 0 aromatic heterocycles. The van der Waals surface area contributed by atoms with Crippen LogP contribution in [0.3, 0.4) is 0 Å². The minimum absolute atomic E-state index is 0.0755. The Kier molecular flexibility index (Phi) is 4.46. The van der Waals surface area contributed by atoms with Crippen LogP contribution in [0.5, 0.6) is 0 Å². The van der Waals surface area contributed by atoms with Crippen LogP contribution in [-0.4, -0.2) is 37.9 Å². The van der Waals surface area contributed by atoms with Crippen LogP contribution in [0.4, 0.5) is 0 Å². The number of ketones is 1. The Morgan fingerprint density at radius 1 is 1.36 bits per heavy atom. The SMILES string of the molecule is C[C@H]1C[C@@H]2[C@H]([C@@H](O)C[C@@]3(C)[C@H]2CC[C@]3(O)C(=O)S)[C@@]2(C)C/C(=C/O)C(=O)C=C12. The molecular weight excluding hydrogens is 376 g/mol. The first-order chi connectivity index (χ1) is 13.0. The van der Waals surface area contributed by atoms with Gasteiger partial charge in [0, 0.05) is 11.0 Å². The molecule has 4 aliphatic rings. The standard InChI is InChI=1S/C22H30O5S/c1-11-6-13-14-4-5-22(27,19(26)28)21(14,3)9-17(25)18(13)20(2)8-12(10-23)16(24)7-15(11)20/h7,10-11,13-14,17-18,23,25,27H,4-6,8-9H2,1-3H3,(H,26,28)/b12-10-/t11-,13-,14-,17-,18+,20-,21-,22-/m0/s1. The van der Waals surface area contributed by atoms with E-state index in [4.69, 9.17) is 0 Å². The lowest BCUT2D eigenvalue weighted by atomic mass is 9.44. The predicted octanol–water partition coefficient (Wildman–Crippen LogP) is 2.97. The fourth-order valence-electron chi connectivity index (χ4n) is 7.58. The van der Waals surface area contributed by atoms with Crippen LogP contribution in [-0.2, 0) is 9.59 Å². The van der Waals surface area contributed by atoms with E-state index in [1.165, 1.54) is 0 Å². The summed E-state index contributed by atoms with van der Waals surface area (Å²) in [6.07, 6.45) is 4.55. The van der Waals surface area contributed by atoms with Gasteiger partial charge in [0.15, 0.2) is 5.78 Å². The van der Waals surface area contributed by atoms with E-state index in [0.717, 1.165) is 24.7 Å². The molecule has 3 fully saturated rings. The average Bonchev–Trinajstić information content (AvgIpc) is 2.88. The summed E-state index contributed by atoms with van der Waals surface area (Å²) in [7, 11) is 0. The van der Waals surface area contributed by atoms with Gasteiger partial charge in [0.05, 0.1) is 12.4 Å². The van der Waals surface area contributed by atoms with E-state index in [1.54, 1.807) is 6.08 Å². The molecule has 0 bridgehead atoms. The summed E-state index contributed by atoms with van der Waals surface area (Å²) in [5, 5.41) is 31.5.